The Morgan fingerprint density at radius 3 is 1.69 bits per heavy atom. The SMILES string of the molecule is CCCCCCN(CCCCCC)c1ccc(/C=C/C=C/c2cc[n+](CCC[N+](C)(C)C)cc2)cc1. The first-order valence-corrected chi connectivity index (χ1v) is 14.4. The molecule has 0 amide bonds. The minimum atomic E-state index is 1.02. The van der Waals surface area contributed by atoms with Gasteiger partial charge in [0.05, 0.1) is 34.1 Å². The van der Waals surface area contributed by atoms with Gasteiger partial charge in [-0.05, 0) is 36.1 Å². The van der Waals surface area contributed by atoms with Gasteiger partial charge in [0.1, 0.15) is 0 Å². The van der Waals surface area contributed by atoms with E-state index < -0.39 is 0 Å². The molecule has 1 aromatic carbocycles. The maximum Gasteiger partial charge on any atom is 0.169 e. The normalized spacial score (nSPS) is 12.1. The van der Waals surface area contributed by atoms with Gasteiger partial charge in [-0.3, -0.25) is 0 Å². The van der Waals surface area contributed by atoms with Gasteiger partial charge < -0.3 is 9.38 Å². The zero-order chi connectivity index (χ0) is 26.1. The molecule has 0 unspecified atom stereocenters. The lowest BCUT2D eigenvalue weighted by atomic mass is 10.1. The fourth-order valence-electron chi connectivity index (χ4n) is 4.42. The number of anilines is 1. The molecule has 198 valence electrons. The van der Waals surface area contributed by atoms with Crippen LogP contribution < -0.4 is 9.47 Å². The van der Waals surface area contributed by atoms with Crippen molar-refractivity contribution in [3.05, 3.63) is 72.1 Å². The van der Waals surface area contributed by atoms with Crippen molar-refractivity contribution in [1.82, 2.24) is 0 Å². The molecule has 3 heteroatoms. The number of quaternary nitrogens is 1. The van der Waals surface area contributed by atoms with E-state index in [2.05, 4.69) is 118 Å². The van der Waals surface area contributed by atoms with E-state index >= 15 is 0 Å². The summed E-state index contributed by atoms with van der Waals surface area (Å²) < 4.78 is 3.30. The molecule has 0 atom stereocenters. The minimum Gasteiger partial charge on any atom is -0.372 e. The maximum atomic E-state index is 2.60. The summed E-state index contributed by atoms with van der Waals surface area (Å²) in [5, 5.41) is 0. The summed E-state index contributed by atoms with van der Waals surface area (Å²) in [6, 6.07) is 13.5. The first-order valence-electron chi connectivity index (χ1n) is 14.4. The standard InChI is InChI=1S/C33H53N3/c1-6-8-10-14-26-35(27-15-11-9-7-2)33-21-19-31(20-22-33)17-12-13-18-32-23-28-34(29-24-32)25-16-30-36(3,4)5/h12-13,17-24,28-29H,6-11,14-16,25-27,30H2,1-5H3/q+2. The van der Waals surface area contributed by atoms with E-state index in [1.807, 2.05) is 0 Å². The molecule has 0 radical (unpaired) electrons. The third kappa shape index (κ3) is 13.1. The molecule has 2 aromatic rings. The fraction of sp³-hybridized carbons (Fsp3) is 0.545. The number of pyridine rings is 1. The van der Waals surface area contributed by atoms with Gasteiger partial charge in [-0.2, -0.15) is 0 Å². The molecule has 0 aliphatic carbocycles. The van der Waals surface area contributed by atoms with Crippen molar-refractivity contribution in [3.63, 3.8) is 0 Å². The number of hydrogen-bond acceptors (Lipinski definition) is 1. The highest BCUT2D eigenvalue weighted by atomic mass is 15.3. The molecule has 36 heavy (non-hydrogen) atoms. The molecule has 0 saturated heterocycles. The Labute approximate surface area is 222 Å². The molecule has 0 saturated carbocycles. The Kier molecular flexibility index (Phi) is 14.2. The number of nitrogens with zero attached hydrogens (tertiary/aromatic N) is 3. The lowest BCUT2D eigenvalue weighted by Crippen LogP contribution is -2.39. The van der Waals surface area contributed by atoms with Crippen LogP contribution >= 0.6 is 0 Å². The molecule has 1 aromatic heterocycles. The number of benzene rings is 1. The Morgan fingerprint density at radius 2 is 1.19 bits per heavy atom. The average molecular weight is 492 g/mol. The number of hydrogen-bond donors (Lipinski definition) is 0. The van der Waals surface area contributed by atoms with Crippen molar-refractivity contribution >= 4 is 17.8 Å². The van der Waals surface area contributed by atoms with Gasteiger partial charge in [0.15, 0.2) is 18.9 Å². The van der Waals surface area contributed by atoms with Crippen molar-refractivity contribution in [2.75, 3.05) is 45.7 Å². The summed E-state index contributed by atoms with van der Waals surface area (Å²) in [4.78, 5) is 2.60. The van der Waals surface area contributed by atoms with Crippen LogP contribution in [0.15, 0.2) is 60.9 Å². The van der Waals surface area contributed by atoms with Gasteiger partial charge in [0.25, 0.3) is 0 Å². The van der Waals surface area contributed by atoms with Crippen LogP contribution in [-0.2, 0) is 6.54 Å². The van der Waals surface area contributed by atoms with Crippen molar-refractivity contribution in [2.24, 2.45) is 0 Å². The third-order valence-electron chi connectivity index (χ3n) is 6.67. The van der Waals surface area contributed by atoms with E-state index in [9.17, 15) is 0 Å². The van der Waals surface area contributed by atoms with Crippen LogP contribution in [0.1, 0.15) is 82.8 Å². The number of aromatic nitrogens is 1. The number of rotatable bonds is 18. The number of unbranched alkanes of at least 4 members (excludes halogenated alkanes) is 6. The van der Waals surface area contributed by atoms with E-state index in [0.717, 1.165) is 11.0 Å². The topological polar surface area (TPSA) is 7.12 Å². The molecule has 3 nitrogen and oxygen atoms in total. The van der Waals surface area contributed by atoms with Gasteiger partial charge >= 0.3 is 0 Å². The molecule has 0 aliphatic heterocycles. The van der Waals surface area contributed by atoms with Crippen molar-refractivity contribution in [3.8, 4) is 0 Å². The van der Waals surface area contributed by atoms with Crippen LogP contribution in [0.2, 0.25) is 0 Å². The maximum absolute atomic E-state index is 2.60. The first kappa shape index (κ1) is 29.8. The van der Waals surface area contributed by atoms with Crippen molar-refractivity contribution in [1.29, 1.82) is 0 Å². The van der Waals surface area contributed by atoms with Crippen molar-refractivity contribution in [2.45, 2.75) is 78.2 Å². The monoisotopic (exact) mass is 491 g/mol. The highest BCUT2D eigenvalue weighted by Crippen LogP contribution is 2.19. The van der Waals surface area contributed by atoms with Gasteiger partial charge in [-0.25, -0.2) is 4.57 Å². The quantitative estimate of drug-likeness (QED) is 0.0894. The molecule has 0 bridgehead atoms. The van der Waals surface area contributed by atoms with Gasteiger partial charge in [0, 0.05) is 30.9 Å². The smallest absolute Gasteiger partial charge is 0.169 e. The van der Waals surface area contributed by atoms with Crippen LogP contribution in [0.3, 0.4) is 0 Å². The number of allylic oxidation sites excluding steroid dienone is 2. The van der Waals surface area contributed by atoms with Gasteiger partial charge in [-0.1, -0.05) is 88.8 Å². The Balaban J connectivity index is 1.86. The van der Waals surface area contributed by atoms with Crippen molar-refractivity contribution < 1.29 is 9.05 Å². The molecular weight excluding hydrogens is 438 g/mol. The highest BCUT2D eigenvalue weighted by molar-refractivity contribution is 5.59. The van der Waals surface area contributed by atoms with Crippen LogP contribution in [0.25, 0.3) is 12.2 Å². The van der Waals surface area contributed by atoms with E-state index in [1.54, 1.807) is 0 Å². The van der Waals surface area contributed by atoms with Crippen LogP contribution in [-0.4, -0.2) is 45.3 Å². The summed E-state index contributed by atoms with van der Waals surface area (Å²) in [5.41, 5.74) is 3.86. The summed E-state index contributed by atoms with van der Waals surface area (Å²) in [7, 11) is 6.75. The van der Waals surface area contributed by atoms with E-state index in [-0.39, 0.29) is 0 Å². The van der Waals surface area contributed by atoms with E-state index in [0.29, 0.717) is 0 Å². The Morgan fingerprint density at radius 1 is 0.667 bits per heavy atom. The zero-order valence-electron chi connectivity index (χ0n) is 24.0. The second kappa shape index (κ2) is 17.1. The largest absolute Gasteiger partial charge is 0.372 e. The Bertz CT molecular complexity index is 861. The highest BCUT2D eigenvalue weighted by Gasteiger charge is 2.09. The van der Waals surface area contributed by atoms with Gasteiger partial charge in [-0.15, -0.1) is 0 Å². The van der Waals surface area contributed by atoms with E-state index in [1.165, 1.54) is 94.2 Å². The average Bonchev–Trinajstić information content (AvgIpc) is 2.86. The molecule has 0 fully saturated rings. The zero-order valence-corrected chi connectivity index (χ0v) is 24.0. The molecule has 0 spiro atoms. The lowest BCUT2D eigenvalue weighted by molar-refractivity contribution is -0.873. The molecule has 0 N–H and O–H groups in total. The van der Waals surface area contributed by atoms with Crippen LogP contribution in [0.5, 0.6) is 0 Å². The summed E-state index contributed by atoms with van der Waals surface area (Å²) in [6.07, 6.45) is 24.8. The summed E-state index contributed by atoms with van der Waals surface area (Å²) >= 11 is 0. The molecule has 0 aliphatic rings. The fourth-order valence-corrected chi connectivity index (χ4v) is 4.42. The first-order chi connectivity index (χ1) is 17.4. The predicted octanol–water partition coefficient (Wildman–Crippen LogP) is 7.76. The van der Waals surface area contributed by atoms with Crippen LogP contribution in [0, 0.1) is 0 Å². The second-order valence-electron chi connectivity index (χ2n) is 11.2. The molecule has 1 heterocycles. The minimum absolute atomic E-state index is 1.02. The van der Waals surface area contributed by atoms with E-state index in [4.69, 9.17) is 0 Å². The summed E-state index contributed by atoms with van der Waals surface area (Å²) in [5.74, 6) is 0. The second-order valence-corrected chi connectivity index (χ2v) is 11.2. The molecular formula is C33H53N3+2. The molecule has 2 rings (SSSR count). The number of aryl methyl sites for hydroxylation is 1. The van der Waals surface area contributed by atoms with Gasteiger partial charge in [0.2, 0.25) is 0 Å². The summed E-state index contributed by atoms with van der Waals surface area (Å²) in [6.45, 7) is 9.19. The lowest BCUT2D eigenvalue weighted by Gasteiger charge is -2.25. The third-order valence-corrected chi connectivity index (χ3v) is 6.67. The predicted molar refractivity (Wildman–Crippen MR) is 159 cm³/mol. The Hall–Kier alpha value is -2.39. The van der Waals surface area contributed by atoms with Crippen LogP contribution in [0.4, 0.5) is 5.69 Å².